The fourth-order valence-corrected chi connectivity index (χ4v) is 4.14. The first-order chi connectivity index (χ1) is 11.8. The fraction of sp³-hybridized carbons (Fsp3) is 0.667. The third kappa shape index (κ3) is 3.13. The van der Waals surface area contributed by atoms with Crippen LogP contribution in [0.2, 0.25) is 0 Å². The highest BCUT2D eigenvalue weighted by molar-refractivity contribution is 5.98. The Morgan fingerprint density at radius 2 is 2.12 bits per heavy atom. The van der Waals surface area contributed by atoms with Gasteiger partial charge in [0.2, 0.25) is 0 Å². The van der Waals surface area contributed by atoms with Gasteiger partial charge in [0.1, 0.15) is 5.82 Å². The van der Waals surface area contributed by atoms with Crippen LogP contribution in [-0.4, -0.2) is 60.2 Å². The van der Waals surface area contributed by atoms with Gasteiger partial charge in [-0.15, -0.1) is 0 Å². The van der Waals surface area contributed by atoms with Gasteiger partial charge in [-0.2, -0.15) is 0 Å². The molecule has 0 aromatic carbocycles. The number of nitrogens with zero attached hydrogens (tertiary/aromatic N) is 2. The van der Waals surface area contributed by atoms with Crippen LogP contribution in [0, 0.1) is 0 Å². The molecule has 6 heteroatoms. The number of piperidine rings is 1. The number of carbonyl (C=O) groups excluding carboxylic acids is 1. The Morgan fingerprint density at radius 1 is 1.33 bits per heavy atom. The minimum atomic E-state index is 0.0107. The van der Waals surface area contributed by atoms with Crippen LogP contribution >= 0.6 is 0 Å². The predicted molar refractivity (Wildman–Crippen MR) is 92.2 cm³/mol. The largest absolute Gasteiger partial charge is 0.373 e. The number of pyridine rings is 1. The molecule has 0 aliphatic carbocycles. The third-order valence-electron chi connectivity index (χ3n) is 5.50. The smallest absolute Gasteiger partial charge is 0.257 e. The van der Waals surface area contributed by atoms with Crippen LogP contribution in [0.4, 0.5) is 5.82 Å². The van der Waals surface area contributed by atoms with E-state index in [-0.39, 0.29) is 17.6 Å². The normalized spacial score (nSPS) is 26.0. The van der Waals surface area contributed by atoms with Gasteiger partial charge in [-0.25, -0.2) is 4.98 Å². The Morgan fingerprint density at radius 3 is 2.92 bits per heavy atom. The molecule has 24 heavy (non-hydrogen) atoms. The van der Waals surface area contributed by atoms with E-state index in [9.17, 15) is 4.79 Å². The van der Waals surface area contributed by atoms with Crippen molar-refractivity contribution in [1.82, 2.24) is 15.2 Å². The molecular weight excluding hydrogens is 304 g/mol. The maximum absolute atomic E-state index is 12.7. The topological polar surface area (TPSA) is 66.5 Å². The fourth-order valence-electron chi connectivity index (χ4n) is 4.14. The molecule has 1 atom stereocenters. The second kappa shape index (κ2) is 6.69. The molecule has 0 bridgehead atoms. The maximum Gasteiger partial charge on any atom is 0.257 e. The lowest BCUT2D eigenvalue weighted by atomic mass is 9.88. The van der Waals surface area contributed by atoms with E-state index in [1.807, 2.05) is 17.0 Å². The van der Waals surface area contributed by atoms with Crippen molar-refractivity contribution in [3.8, 4) is 0 Å². The molecule has 1 spiro atoms. The number of amides is 1. The van der Waals surface area contributed by atoms with Crippen molar-refractivity contribution >= 4 is 11.7 Å². The average Bonchev–Trinajstić information content (AvgIpc) is 3.27. The zero-order valence-electron chi connectivity index (χ0n) is 14.1. The number of hydrogen-bond donors (Lipinski definition) is 2. The van der Waals surface area contributed by atoms with Gasteiger partial charge in [0, 0.05) is 19.3 Å². The standard InChI is InChI=1S/C18H26N4O2/c23-17(22-10-1-2-11-22)15-4-3-7-20-16(15)21-14-12-18(24-13-14)5-8-19-9-6-18/h3-4,7,14,19H,1-2,5-6,8-13H2,(H,20,21). The van der Waals surface area contributed by atoms with Crippen molar-refractivity contribution in [3.63, 3.8) is 0 Å². The first-order valence-electron chi connectivity index (χ1n) is 9.11. The van der Waals surface area contributed by atoms with E-state index in [0.717, 1.165) is 58.3 Å². The number of hydrogen-bond acceptors (Lipinski definition) is 5. The number of ether oxygens (including phenoxy) is 1. The van der Waals surface area contributed by atoms with Crippen molar-refractivity contribution in [2.24, 2.45) is 0 Å². The van der Waals surface area contributed by atoms with E-state index in [1.54, 1.807) is 6.20 Å². The Kier molecular flexibility index (Phi) is 4.41. The molecule has 1 amide bonds. The Labute approximate surface area is 143 Å². The SMILES string of the molecule is O=C(c1cccnc1NC1COC2(CCNCC2)C1)N1CCCC1. The summed E-state index contributed by atoms with van der Waals surface area (Å²) in [6.45, 7) is 4.45. The van der Waals surface area contributed by atoms with Gasteiger partial charge in [-0.1, -0.05) is 0 Å². The number of likely N-dealkylation sites (tertiary alicyclic amines) is 1. The van der Waals surface area contributed by atoms with E-state index >= 15 is 0 Å². The zero-order valence-corrected chi connectivity index (χ0v) is 14.1. The van der Waals surface area contributed by atoms with Gasteiger partial charge < -0.3 is 20.3 Å². The molecule has 3 aliphatic heterocycles. The minimum Gasteiger partial charge on any atom is -0.373 e. The molecule has 0 saturated carbocycles. The zero-order chi connectivity index (χ0) is 16.4. The molecular formula is C18H26N4O2. The lowest BCUT2D eigenvalue weighted by Gasteiger charge is -2.32. The second-order valence-electron chi connectivity index (χ2n) is 7.19. The number of carbonyl (C=O) groups is 1. The van der Waals surface area contributed by atoms with Crippen LogP contribution < -0.4 is 10.6 Å². The number of aromatic nitrogens is 1. The quantitative estimate of drug-likeness (QED) is 0.882. The maximum atomic E-state index is 12.7. The molecule has 130 valence electrons. The van der Waals surface area contributed by atoms with E-state index in [2.05, 4.69) is 15.6 Å². The summed E-state index contributed by atoms with van der Waals surface area (Å²) in [5, 5.41) is 6.87. The van der Waals surface area contributed by atoms with Gasteiger partial charge in [0.25, 0.3) is 5.91 Å². The Bertz CT molecular complexity index is 594. The van der Waals surface area contributed by atoms with Crippen LogP contribution in [0.15, 0.2) is 18.3 Å². The molecule has 3 aliphatic rings. The summed E-state index contributed by atoms with van der Waals surface area (Å²) < 4.78 is 6.14. The summed E-state index contributed by atoms with van der Waals surface area (Å²) in [6.07, 6.45) is 7.06. The molecule has 3 fully saturated rings. The molecule has 4 heterocycles. The van der Waals surface area contributed by atoms with E-state index in [0.29, 0.717) is 18.0 Å². The van der Waals surface area contributed by atoms with Gasteiger partial charge in [0.15, 0.2) is 0 Å². The van der Waals surface area contributed by atoms with Crippen molar-refractivity contribution < 1.29 is 9.53 Å². The summed E-state index contributed by atoms with van der Waals surface area (Å²) in [4.78, 5) is 19.1. The minimum absolute atomic E-state index is 0.0107. The summed E-state index contributed by atoms with van der Waals surface area (Å²) in [6, 6.07) is 3.95. The van der Waals surface area contributed by atoms with Crippen molar-refractivity contribution in [1.29, 1.82) is 0 Å². The summed E-state index contributed by atoms with van der Waals surface area (Å²) in [5.74, 6) is 0.799. The molecule has 1 unspecified atom stereocenters. The third-order valence-corrected chi connectivity index (χ3v) is 5.50. The van der Waals surface area contributed by atoms with Crippen LogP contribution in [0.1, 0.15) is 42.5 Å². The lowest BCUT2D eigenvalue weighted by molar-refractivity contribution is -0.0192. The average molecular weight is 330 g/mol. The first kappa shape index (κ1) is 15.8. The van der Waals surface area contributed by atoms with Gasteiger partial charge in [-0.05, 0) is 57.3 Å². The van der Waals surface area contributed by atoms with E-state index < -0.39 is 0 Å². The number of rotatable bonds is 3. The van der Waals surface area contributed by atoms with Gasteiger partial charge >= 0.3 is 0 Å². The summed E-state index contributed by atoms with van der Waals surface area (Å²) in [7, 11) is 0. The van der Waals surface area contributed by atoms with Gasteiger partial charge in [-0.3, -0.25) is 4.79 Å². The number of nitrogens with one attached hydrogen (secondary N) is 2. The molecule has 3 saturated heterocycles. The van der Waals surface area contributed by atoms with Crippen molar-refractivity contribution in [2.75, 3.05) is 38.1 Å². The summed E-state index contributed by atoms with van der Waals surface area (Å²) >= 11 is 0. The molecule has 1 aromatic heterocycles. The highest BCUT2D eigenvalue weighted by Crippen LogP contribution is 2.35. The van der Waals surface area contributed by atoms with E-state index in [4.69, 9.17) is 4.74 Å². The molecule has 2 N–H and O–H groups in total. The predicted octanol–water partition coefficient (Wildman–Crippen LogP) is 1.64. The highest BCUT2D eigenvalue weighted by Gasteiger charge is 2.41. The van der Waals surface area contributed by atoms with Crippen molar-refractivity contribution in [2.45, 2.75) is 43.7 Å². The van der Waals surface area contributed by atoms with Gasteiger partial charge in [0.05, 0.1) is 23.8 Å². The Balaban J connectivity index is 1.46. The lowest BCUT2D eigenvalue weighted by Crippen LogP contribution is -2.41. The second-order valence-corrected chi connectivity index (χ2v) is 7.19. The van der Waals surface area contributed by atoms with Crippen LogP contribution in [-0.2, 0) is 4.74 Å². The molecule has 0 radical (unpaired) electrons. The van der Waals surface area contributed by atoms with Crippen molar-refractivity contribution in [3.05, 3.63) is 23.9 Å². The Hall–Kier alpha value is -1.66. The van der Waals surface area contributed by atoms with Crippen LogP contribution in [0.25, 0.3) is 0 Å². The van der Waals surface area contributed by atoms with Crippen LogP contribution in [0.5, 0.6) is 0 Å². The molecule has 4 rings (SSSR count). The monoisotopic (exact) mass is 330 g/mol. The molecule has 6 nitrogen and oxygen atoms in total. The van der Waals surface area contributed by atoms with Crippen LogP contribution in [0.3, 0.4) is 0 Å². The summed E-state index contributed by atoms with van der Waals surface area (Å²) in [5.41, 5.74) is 0.697. The number of anilines is 1. The molecule has 1 aromatic rings. The highest BCUT2D eigenvalue weighted by atomic mass is 16.5. The van der Waals surface area contributed by atoms with E-state index in [1.165, 1.54) is 0 Å². The first-order valence-corrected chi connectivity index (χ1v) is 9.11.